The van der Waals surface area contributed by atoms with Crippen molar-refractivity contribution < 1.29 is 17.9 Å². The first-order valence-corrected chi connectivity index (χ1v) is 6.73. The molecule has 3 nitrogen and oxygen atoms in total. The van der Waals surface area contributed by atoms with Crippen LogP contribution in [0.5, 0.6) is 0 Å². The van der Waals surface area contributed by atoms with Crippen molar-refractivity contribution in [2.24, 2.45) is 0 Å². The van der Waals surface area contributed by atoms with Crippen LogP contribution < -0.4 is 5.32 Å². The predicted octanol–water partition coefficient (Wildman–Crippen LogP) is 3.46. The Kier molecular flexibility index (Phi) is 5.14. The summed E-state index contributed by atoms with van der Waals surface area (Å²) in [4.78, 5) is 4.32. The summed E-state index contributed by atoms with van der Waals surface area (Å²) < 4.78 is 41.4. The second-order valence-corrected chi connectivity index (χ2v) is 4.66. The second kappa shape index (κ2) is 6.87. The number of hydrogen-bond acceptors (Lipinski definition) is 3. The summed E-state index contributed by atoms with van der Waals surface area (Å²) in [6.45, 7) is 1.23. The molecule has 0 aliphatic rings. The van der Waals surface area contributed by atoms with Gasteiger partial charge in [0.05, 0.1) is 18.2 Å². The molecular weight excluding hydrogens is 281 g/mol. The summed E-state index contributed by atoms with van der Waals surface area (Å²) >= 11 is 0. The van der Waals surface area contributed by atoms with E-state index in [0.29, 0.717) is 6.54 Å². The number of halogens is 3. The molecule has 0 spiro atoms. The molecule has 0 aliphatic heterocycles. The molecule has 0 saturated heterocycles. The lowest BCUT2D eigenvalue weighted by Gasteiger charge is -2.20. The van der Waals surface area contributed by atoms with E-state index in [-0.39, 0.29) is 12.6 Å². The number of hydrogen-bond donors (Lipinski definition) is 1. The number of rotatable bonds is 6. The zero-order valence-electron chi connectivity index (χ0n) is 11.7. The van der Waals surface area contributed by atoms with Crippen molar-refractivity contribution in [2.45, 2.75) is 19.1 Å². The molecule has 0 saturated carbocycles. The Morgan fingerprint density at radius 2 is 2.00 bits per heavy atom. The maximum atomic E-state index is 12.2. The van der Waals surface area contributed by atoms with Crippen LogP contribution >= 0.6 is 0 Å². The molecule has 21 heavy (non-hydrogen) atoms. The molecule has 1 aromatic heterocycles. The molecule has 0 amide bonds. The average molecular weight is 298 g/mol. The van der Waals surface area contributed by atoms with E-state index in [4.69, 9.17) is 4.74 Å². The Balaban J connectivity index is 2.20. The van der Waals surface area contributed by atoms with Gasteiger partial charge in [-0.1, -0.05) is 31.2 Å². The van der Waals surface area contributed by atoms with E-state index < -0.39 is 12.8 Å². The van der Waals surface area contributed by atoms with Gasteiger partial charge in [-0.15, -0.1) is 0 Å². The van der Waals surface area contributed by atoms with Gasteiger partial charge in [-0.3, -0.25) is 4.98 Å². The summed E-state index contributed by atoms with van der Waals surface area (Å²) in [5, 5.41) is 4.10. The van der Waals surface area contributed by atoms with Crippen molar-refractivity contribution in [3.05, 3.63) is 42.1 Å². The lowest BCUT2D eigenvalue weighted by Crippen LogP contribution is -2.28. The van der Waals surface area contributed by atoms with Gasteiger partial charge in [-0.25, -0.2) is 0 Å². The second-order valence-electron chi connectivity index (χ2n) is 4.66. The fourth-order valence-electron chi connectivity index (χ4n) is 2.21. The fraction of sp³-hybridized carbons (Fsp3) is 0.400. The first kappa shape index (κ1) is 15.7. The van der Waals surface area contributed by atoms with Crippen molar-refractivity contribution >= 4 is 10.9 Å². The van der Waals surface area contributed by atoms with Crippen molar-refractivity contribution in [2.75, 3.05) is 19.8 Å². The van der Waals surface area contributed by atoms with Gasteiger partial charge in [-0.2, -0.15) is 13.2 Å². The Morgan fingerprint density at radius 1 is 1.24 bits per heavy atom. The summed E-state index contributed by atoms with van der Waals surface area (Å²) in [6, 6.07) is 9.08. The van der Waals surface area contributed by atoms with E-state index in [1.807, 2.05) is 37.3 Å². The average Bonchev–Trinajstić information content (AvgIpc) is 2.44. The molecule has 114 valence electrons. The number of aromatic nitrogens is 1. The Hall–Kier alpha value is -1.66. The Morgan fingerprint density at radius 3 is 2.71 bits per heavy atom. The van der Waals surface area contributed by atoms with Crippen LogP contribution in [0.1, 0.15) is 18.5 Å². The van der Waals surface area contributed by atoms with Crippen molar-refractivity contribution in [3.8, 4) is 0 Å². The van der Waals surface area contributed by atoms with Crippen LogP contribution in [-0.2, 0) is 4.74 Å². The Bertz CT molecular complexity index is 581. The molecule has 1 unspecified atom stereocenters. The quantitative estimate of drug-likeness (QED) is 0.886. The summed E-state index contributed by atoms with van der Waals surface area (Å²) in [5.74, 6) is 0. The molecule has 6 heteroatoms. The Labute approximate surface area is 121 Å². The number of nitrogens with one attached hydrogen (secondary N) is 1. The summed E-state index contributed by atoms with van der Waals surface area (Å²) in [5.41, 5.74) is 1.62. The lowest BCUT2D eigenvalue weighted by atomic mass is 10.0. The summed E-state index contributed by atoms with van der Waals surface area (Å²) in [7, 11) is 0. The highest BCUT2D eigenvalue weighted by atomic mass is 19.4. The third-order valence-corrected chi connectivity index (χ3v) is 3.04. The molecule has 0 fully saturated rings. The number of nitrogens with zero attached hydrogens (tertiary/aromatic N) is 1. The lowest BCUT2D eigenvalue weighted by molar-refractivity contribution is -0.175. The van der Waals surface area contributed by atoms with E-state index in [2.05, 4.69) is 10.3 Å². The van der Waals surface area contributed by atoms with E-state index in [0.717, 1.165) is 16.5 Å². The SMILES string of the molecule is CCNC(COCC(F)(F)F)c1cccc2cccnc12. The minimum atomic E-state index is -4.31. The molecule has 1 N–H and O–H groups in total. The van der Waals surface area contributed by atoms with Gasteiger partial charge in [0.15, 0.2) is 0 Å². The molecule has 2 aromatic rings. The molecule has 0 bridgehead atoms. The number of fused-ring (bicyclic) bond motifs is 1. The molecule has 0 aliphatic carbocycles. The van der Waals surface area contributed by atoms with E-state index in [1.165, 1.54) is 0 Å². The van der Waals surface area contributed by atoms with Gasteiger partial charge in [0.2, 0.25) is 0 Å². The predicted molar refractivity (Wildman–Crippen MR) is 75.0 cm³/mol. The number of para-hydroxylation sites is 1. The summed E-state index contributed by atoms with van der Waals surface area (Å²) in [6.07, 6.45) is -2.64. The van der Waals surface area contributed by atoms with Crippen LogP contribution in [0.15, 0.2) is 36.5 Å². The third kappa shape index (κ3) is 4.41. The fourth-order valence-corrected chi connectivity index (χ4v) is 2.21. The minimum Gasteiger partial charge on any atom is -0.370 e. The van der Waals surface area contributed by atoms with E-state index in [1.54, 1.807) is 6.20 Å². The first-order valence-electron chi connectivity index (χ1n) is 6.73. The number of likely N-dealkylation sites (N-methyl/N-ethyl adjacent to an activating group) is 1. The maximum Gasteiger partial charge on any atom is 0.411 e. The standard InChI is InChI=1S/C15H17F3N2O/c1-2-19-13(9-21-10-15(16,17)18)12-7-3-5-11-6-4-8-20-14(11)12/h3-8,13,19H,2,9-10H2,1H3. The topological polar surface area (TPSA) is 34.1 Å². The zero-order valence-corrected chi connectivity index (χ0v) is 11.7. The molecule has 1 heterocycles. The number of ether oxygens (including phenoxy) is 1. The van der Waals surface area contributed by atoms with Gasteiger partial charge in [0, 0.05) is 11.6 Å². The van der Waals surface area contributed by atoms with Gasteiger partial charge in [-0.05, 0) is 18.2 Å². The normalized spacial score (nSPS) is 13.5. The van der Waals surface area contributed by atoms with Crippen LogP contribution in [0.25, 0.3) is 10.9 Å². The van der Waals surface area contributed by atoms with Gasteiger partial charge >= 0.3 is 6.18 Å². The minimum absolute atomic E-state index is 0.0525. The number of pyridine rings is 1. The van der Waals surface area contributed by atoms with Crippen LogP contribution in [0.2, 0.25) is 0 Å². The van der Waals surface area contributed by atoms with Crippen molar-refractivity contribution in [1.29, 1.82) is 0 Å². The largest absolute Gasteiger partial charge is 0.411 e. The maximum absolute atomic E-state index is 12.2. The molecule has 1 aromatic carbocycles. The zero-order chi connectivity index (χ0) is 15.3. The van der Waals surface area contributed by atoms with Crippen LogP contribution in [0, 0.1) is 0 Å². The number of alkyl halides is 3. The molecule has 0 radical (unpaired) electrons. The monoisotopic (exact) mass is 298 g/mol. The molecular formula is C15H17F3N2O. The smallest absolute Gasteiger partial charge is 0.370 e. The third-order valence-electron chi connectivity index (χ3n) is 3.04. The van der Waals surface area contributed by atoms with Crippen molar-refractivity contribution in [1.82, 2.24) is 10.3 Å². The first-order chi connectivity index (χ1) is 10.0. The van der Waals surface area contributed by atoms with Gasteiger partial charge in [0.1, 0.15) is 6.61 Å². The highest BCUT2D eigenvalue weighted by molar-refractivity contribution is 5.82. The van der Waals surface area contributed by atoms with Crippen LogP contribution in [0.4, 0.5) is 13.2 Å². The van der Waals surface area contributed by atoms with Gasteiger partial charge in [0.25, 0.3) is 0 Å². The highest BCUT2D eigenvalue weighted by Gasteiger charge is 2.28. The van der Waals surface area contributed by atoms with Crippen LogP contribution in [-0.4, -0.2) is 30.9 Å². The molecule has 1 atom stereocenters. The van der Waals surface area contributed by atoms with Gasteiger partial charge < -0.3 is 10.1 Å². The molecule has 2 rings (SSSR count). The van der Waals surface area contributed by atoms with E-state index >= 15 is 0 Å². The number of benzene rings is 1. The highest BCUT2D eigenvalue weighted by Crippen LogP contribution is 2.23. The van der Waals surface area contributed by atoms with Crippen molar-refractivity contribution in [3.63, 3.8) is 0 Å². The van der Waals surface area contributed by atoms with Crippen LogP contribution in [0.3, 0.4) is 0 Å². The van der Waals surface area contributed by atoms with E-state index in [9.17, 15) is 13.2 Å².